The van der Waals surface area contributed by atoms with E-state index in [1.54, 1.807) is 0 Å². The average molecular weight is 281 g/mol. The molecule has 2 fully saturated rings. The van der Waals surface area contributed by atoms with Crippen LogP contribution in [0.3, 0.4) is 0 Å². The lowest BCUT2D eigenvalue weighted by Crippen LogP contribution is -2.32. The predicted octanol–water partition coefficient (Wildman–Crippen LogP) is 1.36. The Bertz CT molecular complexity index is 431. The molecular formula is C12H13BrN2O. The zero-order chi connectivity index (χ0) is 11.3. The average Bonchev–Trinajstić information content (AvgIpc) is 2.76. The van der Waals surface area contributed by atoms with Gasteiger partial charge in [0.15, 0.2) is 0 Å². The van der Waals surface area contributed by atoms with Gasteiger partial charge < -0.3 is 10.6 Å². The first-order valence-electron chi connectivity index (χ1n) is 5.45. The Kier molecular flexibility index (Phi) is 2.30. The van der Waals surface area contributed by atoms with Crippen molar-refractivity contribution in [3.63, 3.8) is 0 Å². The van der Waals surface area contributed by atoms with Crippen molar-refractivity contribution in [2.45, 2.75) is 12.6 Å². The van der Waals surface area contributed by atoms with Crippen LogP contribution in [-0.2, 0) is 11.3 Å². The molecule has 0 bridgehead atoms. The maximum Gasteiger partial charge on any atom is 0.227 e. The lowest BCUT2D eigenvalue weighted by atomic mass is 10.2. The van der Waals surface area contributed by atoms with Crippen molar-refractivity contribution in [3.8, 4) is 0 Å². The van der Waals surface area contributed by atoms with Gasteiger partial charge in [-0.05, 0) is 17.7 Å². The number of nitrogens with two attached hydrogens (primary N) is 1. The highest BCUT2D eigenvalue weighted by Crippen LogP contribution is 2.45. The van der Waals surface area contributed by atoms with E-state index in [1.165, 1.54) is 5.56 Å². The number of halogens is 1. The molecule has 1 heterocycles. The Balaban J connectivity index is 1.68. The summed E-state index contributed by atoms with van der Waals surface area (Å²) in [5.74, 6) is 0.777. The van der Waals surface area contributed by atoms with Crippen LogP contribution >= 0.6 is 15.9 Å². The van der Waals surface area contributed by atoms with E-state index in [0.717, 1.165) is 11.0 Å². The zero-order valence-electron chi connectivity index (χ0n) is 8.77. The van der Waals surface area contributed by atoms with Crippen molar-refractivity contribution in [3.05, 3.63) is 34.3 Å². The summed E-state index contributed by atoms with van der Waals surface area (Å²) in [6, 6.07) is 8.22. The molecule has 4 heteroatoms. The zero-order valence-corrected chi connectivity index (χ0v) is 10.4. The minimum Gasteiger partial charge on any atom is -0.338 e. The number of hydrogen-bond acceptors (Lipinski definition) is 2. The van der Waals surface area contributed by atoms with Gasteiger partial charge in [-0.2, -0.15) is 0 Å². The second kappa shape index (κ2) is 3.57. The lowest BCUT2D eigenvalue weighted by Gasteiger charge is -2.19. The molecule has 1 saturated carbocycles. The van der Waals surface area contributed by atoms with Gasteiger partial charge in [0, 0.05) is 29.5 Å². The summed E-state index contributed by atoms with van der Waals surface area (Å²) in [6.07, 6.45) is 0. The maximum absolute atomic E-state index is 11.9. The molecule has 1 amide bonds. The van der Waals surface area contributed by atoms with Crippen LogP contribution < -0.4 is 5.73 Å². The van der Waals surface area contributed by atoms with E-state index in [0.29, 0.717) is 12.5 Å². The minimum absolute atomic E-state index is 0.121. The molecule has 0 aromatic heterocycles. The molecule has 1 aromatic rings. The lowest BCUT2D eigenvalue weighted by molar-refractivity contribution is -0.130. The summed E-state index contributed by atoms with van der Waals surface area (Å²) in [5, 5.41) is 0. The third kappa shape index (κ3) is 1.57. The molecule has 1 aliphatic carbocycles. The summed E-state index contributed by atoms with van der Waals surface area (Å²) < 4.78 is 1.06. The third-order valence-corrected chi connectivity index (χ3v) is 4.07. The molecule has 1 aromatic carbocycles. The number of benzene rings is 1. The Morgan fingerprint density at radius 2 is 2.06 bits per heavy atom. The van der Waals surface area contributed by atoms with E-state index in [4.69, 9.17) is 5.73 Å². The second-order valence-electron chi connectivity index (χ2n) is 4.61. The van der Waals surface area contributed by atoms with Crippen molar-refractivity contribution in [1.82, 2.24) is 4.90 Å². The highest BCUT2D eigenvalue weighted by atomic mass is 79.9. The minimum atomic E-state index is 0.121. The summed E-state index contributed by atoms with van der Waals surface area (Å²) in [5.41, 5.74) is 6.96. The van der Waals surface area contributed by atoms with Crippen LogP contribution in [0.25, 0.3) is 0 Å². The Morgan fingerprint density at radius 3 is 2.62 bits per heavy atom. The van der Waals surface area contributed by atoms with Gasteiger partial charge in [0.2, 0.25) is 5.91 Å². The van der Waals surface area contributed by atoms with Crippen molar-refractivity contribution in [2.24, 2.45) is 17.6 Å². The molecule has 0 radical (unpaired) electrons. The van der Waals surface area contributed by atoms with Crippen LogP contribution in [0.1, 0.15) is 5.56 Å². The number of carbonyl (C=O) groups excluding carboxylic acids is 1. The first-order chi connectivity index (χ1) is 7.66. The predicted molar refractivity (Wildman–Crippen MR) is 64.5 cm³/mol. The van der Waals surface area contributed by atoms with E-state index >= 15 is 0 Å². The number of likely N-dealkylation sites (tertiary alicyclic amines) is 1. The smallest absolute Gasteiger partial charge is 0.227 e. The van der Waals surface area contributed by atoms with Gasteiger partial charge >= 0.3 is 0 Å². The molecule has 3 atom stereocenters. The molecular weight excluding hydrogens is 268 g/mol. The largest absolute Gasteiger partial charge is 0.338 e. The van der Waals surface area contributed by atoms with Crippen molar-refractivity contribution >= 4 is 21.8 Å². The first kappa shape index (κ1) is 10.3. The fourth-order valence-electron chi connectivity index (χ4n) is 2.49. The molecule has 3 nitrogen and oxygen atoms in total. The number of piperidine rings is 1. The normalized spacial score (nSPS) is 31.8. The van der Waals surface area contributed by atoms with E-state index in [1.807, 2.05) is 29.2 Å². The van der Waals surface area contributed by atoms with Crippen LogP contribution in [0.4, 0.5) is 0 Å². The highest BCUT2D eigenvalue weighted by molar-refractivity contribution is 9.10. The fourth-order valence-corrected chi connectivity index (χ4v) is 2.76. The van der Waals surface area contributed by atoms with Gasteiger partial charge in [0.25, 0.3) is 0 Å². The van der Waals surface area contributed by atoms with Crippen molar-refractivity contribution < 1.29 is 4.79 Å². The van der Waals surface area contributed by atoms with Crippen LogP contribution in [0, 0.1) is 11.8 Å². The van der Waals surface area contributed by atoms with Crippen LogP contribution in [0.5, 0.6) is 0 Å². The number of carbonyl (C=O) groups is 1. The number of hydrogen-bond donors (Lipinski definition) is 1. The van der Waals surface area contributed by atoms with Gasteiger partial charge in [-0.25, -0.2) is 0 Å². The molecule has 1 saturated heterocycles. The quantitative estimate of drug-likeness (QED) is 0.889. The Labute approximate surface area is 103 Å². The second-order valence-corrected chi connectivity index (χ2v) is 5.53. The number of fused-ring (bicyclic) bond motifs is 1. The highest BCUT2D eigenvalue weighted by Gasteiger charge is 2.59. The molecule has 1 aliphatic heterocycles. The fraction of sp³-hybridized carbons (Fsp3) is 0.417. The molecule has 3 rings (SSSR count). The van der Waals surface area contributed by atoms with E-state index in [9.17, 15) is 4.79 Å². The summed E-state index contributed by atoms with van der Waals surface area (Å²) in [6.45, 7) is 1.55. The van der Waals surface area contributed by atoms with Crippen molar-refractivity contribution in [2.75, 3.05) is 6.54 Å². The van der Waals surface area contributed by atoms with E-state index in [-0.39, 0.29) is 17.9 Å². The van der Waals surface area contributed by atoms with Gasteiger partial charge in [-0.1, -0.05) is 28.1 Å². The number of rotatable bonds is 2. The first-order valence-corrected chi connectivity index (χ1v) is 6.25. The summed E-state index contributed by atoms with van der Waals surface area (Å²) >= 11 is 3.40. The number of amides is 1. The molecule has 2 aliphatic rings. The Hall–Kier alpha value is -0.870. The third-order valence-electron chi connectivity index (χ3n) is 3.54. The molecule has 3 unspecified atom stereocenters. The van der Waals surface area contributed by atoms with Gasteiger partial charge in [-0.3, -0.25) is 4.79 Å². The van der Waals surface area contributed by atoms with E-state index in [2.05, 4.69) is 15.9 Å². The summed E-state index contributed by atoms with van der Waals surface area (Å²) in [4.78, 5) is 13.8. The number of nitrogens with zero attached hydrogens (tertiary/aromatic N) is 1. The van der Waals surface area contributed by atoms with Crippen LogP contribution in [0.15, 0.2) is 28.7 Å². The standard InChI is InChI=1S/C12H13BrN2O/c13-8-3-1-7(2-4-8)5-15-6-9-10(11(9)14)12(15)16/h1-4,9-11H,5-6,14H2. The van der Waals surface area contributed by atoms with Gasteiger partial charge in [-0.15, -0.1) is 0 Å². The topological polar surface area (TPSA) is 46.3 Å². The molecule has 84 valence electrons. The maximum atomic E-state index is 11.9. The monoisotopic (exact) mass is 280 g/mol. The van der Waals surface area contributed by atoms with Crippen LogP contribution in [0.2, 0.25) is 0 Å². The summed E-state index contributed by atoms with van der Waals surface area (Å²) in [7, 11) is 0. The van der Waals surface area contributed by atoms with E-state index < -0.39 is 0 Å². The molecule has 2 N–H and O–H groups in total. The van der Waals surface area contributed by atoms with Gasteiger partial charge in [0.1, 0.15) is 0 Å². The Morgan fingerprint density at radius 1 is 1.38 bits per heavy atom. The van der Waals surface area contributed by atoms with Crippen LogP contribution in [-0.4, -0.2) is 23.4 Å². The van der Waals surface area contributed by atoms with Gasteiger partial charge in [0.05, 0.1) is 5.92 Å². The van der Waals surface area contributed by atoms with Crippen molar-refractivity contribution in [1.29, 1.82) is 0 Å². The molecule has 0 spiro atoms. The SMILES string of the molecule is NC1C2CN(Cc3ccc(Br)cc3)C(=O)C12. The molecule has 16 heavy (non-hydrogen) atoms.